The number of hydrogen-bond acceptors (Lipinski definition) is 3. The van der Waals surface area contributed by atoms with Crippen LogP contribution in [-0.4, -0.2) is 25.9 Å². The molecular formula is C13H15ClO3. The van der Waals surface area contributed by atoms with E-state index in [1.165, 1.54) is 0 Å². The highest BCUT2D eigenvalue weighted by atomic mass is 35.5. The number of methoxy groups -OCH3 is 1. The molecule has 0 amide bonds. The standard InChI is InChI=1S/C13H15ClO3/c1-16-13-10-11(6-8-15)4-5-12(13)17-9-3-2-7-14/h2-5,8,10H,6-7,9H2,1H3. The summed E-state index contributed by atoms with van der Waals surface area (Å²) in [4.78, 5) is 10.4. The third-order valence-electron chi connectivity index (χ3n) is 2.14. The number of carbonyl (C=O) groups is 1. The van der Waals surface area contributed by atoms with Crippen LogP contribution in [0.2, 0.25) is 0 Å². The number of hydrogen-bond donors (Lipinski definition) is 0. The summed E-state index contributed by atoms with van der Waals surface area (Å²) in [6.45, 7) is 0.441. The van der Waals surface area contributed by atoms with Gasteiger partial charge in [-0.1, -0.05) is 18.2 Å². The molecule has 17 heavy (non-hydrogen) atoms. The molecule has 0 fully saturated rings. The summed E-state index contributed by atoms with van der Waals surface area (Å²) in [5.41, 5.74) is 0.903. The molecule has 0 bridgehead atoms. The van der Waals surface area contributed by atoms with Gasteiger partial charge in [0.1, 0.15) is 12.9 Å². The molecule has 4 heteroatoms. The highest BCUT2D eigenvalue weighted by molar-refractivity contribution is 6.18. The number of allylic oxidation sites excluding steroid dienone is 1. The Bertz CT molecular complexity index is 388. The maximum Gasteiger partial charge on any atom is 0.161 e. The van der Waals surface area contributed by atoms with Gasteiger partial charge in [0.15, 0.2) is 11.5 Å². The Morgan fingerprint density at radius 1 is 1.29 bits per heavy atom. The van der Waals surface area contributed by atoms with E-state index in [4.69, 9.17) is 21.1 Å². The van der Waals surface area contributed by atoms with Crippen molar-refractivity contribution in [1.82, 2.24) is 0 Å². The van der Waals surface area contributed by atoms with Crippen molar-refractivity contribution < 1.29 is 14.3 Å². The summed E-state index contributed by atoms with van der Waals surface area (Å²) in [6.07, 6.45) is 4.89. The number of benzene rings is 1. The molecule has 0 aliphatic rings. The van der Waals surface area contributed by atoms with Crippen LogP contribution in [0.25, 0.3) is 0 Å². The van der Waals surface area contributed by atoms with E-state index in [1.807, 2.05) is 18.2 Å². The second kappa shape index (κ2) is 7.74. The number of halogens is 1. The molecule has 0 saturated heterocycles. The van der Waals surface area contributed by atoms with E-state index in [9.17, 15) is 4.79 Å². The zero-order chi connectivity index (χ0) is 12.5. The molecular weight excluding hydrogens is 240 g/mol. The fourth-order valence-electron chi connectivity index (χ4n) is 1.32. The Balaban J connectivity index is 2.70. The molecule has 0 atom stereocenters. The van der Waals surface area contributed by atoms with Gasteiger partial charge in [-0.15, -0.1) is 11.6 Å². The lowest BCUT2D eigenvalue weighted by atomic mass is 10.1. The first kappa shape index (κ1) is 13.6. The zero-order valence-electron chi connectivity index (χ0n) is 9.69. The first-order valence-electron chi connectivity index (χ1n) is 5.26. The molecule has 1 aromatic carbocycles. The molecule has 0 radical (unpaired) electrons. The zero-order valence-corrected chi connectivity index (χ0v) is 10.4. The van der Waals surface area contributed by atoms with Gasteiger partial charge in [-0.3, -0.25) is 0 Å². The molecule has 1 aromatic rings. The first-order valence-corrected chi connectivity index (χ1v) is 5.79. The first-order chi connectivity index (χ1) is 8.31. The number of rotatable bonds is 7. The van der Waals surface area contributed by atoms with Gasteiger partial charge in [0.25, 0.3) is 0 Å². The van der Waals surface area contributed by atoms with Gasteiger partial charge in [-0.25, -0.2) is 0 Å². The SMILES string of the molecule is COc1cc(CC=O)ccc1OCC=CCCl. The van der Waals surface area contributed by atoms with E-state index < -0.39 is 0 Å². The Labute approximate surface area is 106 Å². The van der Waals surface area contributed by atoms with Crippen molar-refractivity contribution in [3.8, 4) is 11.5 Å². The van der Waals surface area contributed by atoms with Crippen LogP contribution in [0.3, 0.4) is 0 Å². The average molecular weight is 255 g/mol. The predicted molar refractivity (Wildman–Crippen MR) is 68.1 cm³/mol. The summed E-state index contributed by atoms with van der Waals surface area (Å²) < 4.78 is 10.7. The van der Waals surface area contributed by atoms with Crippen molar-refractivity contribution in [3.63, 3.8) is 0 Å². The molecule has 0 heterocycles. The van der Waals surface area contributed by atoms with E-state index in [1.54, 1.807) is 19.2 Å². The summed E-state index contributed by atoms with van der Waals surface area (Å²) in [5, 5.41) is 0. The van der Waals surface area contributed by atoms with E-state index in [-0.39, 0.29) is 0 Å². The molecule has 0 N–H and O–H groups in total. The lowest BCUT2D eigenvalue weighted by Crippen LogP contribution is -1.98. The Kier molecular flexibility index (Phi) is 6.18. The Hall–Kier alpha value is -1.48. The van der Waals surface area contributed by atoms with Crippen LogP contribution in [0.15, 0.2) is 30.4 Å². The van der Waals surface area contributed by atoms with Crippen LogP contribution in [0.1, 0.15) is 5.56 Å². The summed E-state index contributed by atoms with van der Waals surface area (Å²) in [7, 11) is 1.57. The van der Waals surface area contributed by atoms with Crippen LogP contribution in [0.5, 0.6) is 11.5 Å². The van der Waals surface area contributed by atoms with E-state index in [0.717, 1.165) is 11.8 Å². The normalized spacial score (nSPS) is 10.5. The van der Waals surface area contributed by atoms with Gasteiger partial charge in [0.05, 0.1) is 7.11 Å². The number of ether oxygens (including phenoxy) is 2. The summed E-state index contributed by atoms with van der Waals surface area (Å²) in [6, 6.07) is 5.44. The van der Waals surface area contributed by atoms with E-state index in [0.29, 0.717) is 30.4 Å². The van der Waals surface area contributed by atoms with Crippen molar-refractivity contribution >= 4 is 17.9 Å². The van der Waals surface area contributed by atoms with Crippen LogP contribution in [0.4, 0.5) is 0 Å². The van der Waals surface area contributed by atoms with Crippen molar-refractivity contribution in [2.45, 2.75) is 6.42 Å². The topological polar surface area (TPSA) is 35.5 Å². The number of carbonyl (C=O) groups excluding carboxylic acids is 1. The van der Waals surface area contributed by atoms with Gasteiger partial charge in [-0.05, 0) is 17.7 Å². The fourth-order valence-corrected chi connectivity index (χ4v) is 1.45. The van der Waals surface area contributed by atoms with Gasteiger partial charge in [0.2, 0.25) is 0 Å². The molecule has 0 aliphatic heterocycles. The van der Waals surface area contributed by atoms with Crippen molar-refractivity contribution in [2.24, 2.45) is 0 Å². The van der Waals surface area contributed by atoms with Crippen LogP contribution >= 0.6 is 11.6 Å². The van der Waals surface area contributed by atoms with Crippen LogP contribution < -0.4 is 9.47 Å². The lowest BCUT2D eigenvalue weighted by molar-refractivity contribution is -0.107. The average Bonchev–Trinajstić information content (AvgIpc) is 2.36. The predicted octanol–water partition coefficient (Wildman–Crippen LogP) is 2.61. The number of alkyl halides is 1. The third-order valence-corrected chi connectivity index (χ3v) is 2.32. The lowest BCUT2D eigenvalue weighted by Gasteiger charge is -2.10. The minimum Gasteiger partial charge on any atom is -0.493 e. The molecule has 0 aliphatic carbocycles. The van der Waals surface area contributed by atoms with Crippen LogP contribution in [0, 0.1) is 0 Å². The highest BCUT2D eigenvalue weighted by Crippen LogP contribution is 2.28. The van der Waals surface area contributed by atoms with E-state index in [2.05, 4.69) is 0 Å². The highest BCUT2D eigenvalue weighted by Gasteiger charge is 2.04. The van der Waals surface area contributed by atoms with Gasteiger partial charge < -0.3 is 14.3 Å². The second-order valence-electron chi connectivity index (χ2n) is 3.29. The third kappa shape index (κ3) is 4.49. The van der Waals surface area contributed by atoms with Crippen molar-refractivity contribution in [3.05, 3.63) is 35.9 Å². The summed E-state index contributed by atoms with van der Waals surface area (Å²) >= 11 is 5.50. The van der Waals surface area contributed by atoms with Gasteiger partial charge in [-0.2, -0.15) is 0 Å². The minimum absolute atomic E-state index is 0.378. The van der Waals surface area contributed by atoms with Crippen LogP contribution in [-0.2, 0) is 11.2 Å². The van der Waals surface area contributed by atoms with Crippen molar-refractivity contribution in [2.75, 3.05) is 19.6 Å². The molecule has 0 saturated carbocycles. The summed E-state index contributed by atoms with van der Waals surface area (Å²) in [5.74, 6) is 1.75. The maximum atomic E-state index is 10.4. The second-order valence-corrected chi connectivity index (χ2v) is 3.60. The number of aldehydes is 1. The molecule has 0 unspecified atom stereocenters. The maximum absolute atomic E-state index is 10.4. The molecule has 1 rings (SSSR count). The molecule has 0 aromatic heterocycles. The fraction of sp³-hybridized carbons (Fsp3) is 0.308. The van der Waals surface area contributed by atoms with Gasteiger partial charge in [0, 0.05) is 12.3 Å². The largest absolute Gasteiger partial charge is 0.493 e. The monoisotopic (exact) mass is 254 g/mol. The minimum atomic E-state index is 0.378. The smallest absolute Gasteiger partial charge is 0.161 e. The quantitative estimate of drug-likeness (QED) is 0.426. The van der Waals surface area contributed by atoms with Gasteiger partial charge >= 0.3 is 0 Å². The van der Waals surface area contributed by atoms with E-state index >= 15 is 0 Å². The molecule has 0 spiro atoms. The van der Waals surface area contributed by atoms with Crippen molar-refractivity contribution in [1.29, 1.82) is 0 Å². The Morgan fingerprint density at radius 2 is 2.12 bits per heavy atom. The molecule has 92 valence electrons. The Morgan fingerprint density at radius 3 is 2.76 bits per heavy atom. The molecule has 3 nitrogen and oxygen atoms in total.